The van der Waals surface area contributed by atoms with Gasteiger partial charge in [0, 0.05) is 12.2 Å². The molecule has 0 saturated heterocycles. The van der Waals surface area contributed by atoms with Crippen molar-refractivity contribution >= 4 is 28.6 Å². The maximum atomic E-state index is 12.6. The minimum atomic E-state index is -0.403. The number of amides is 1. The number of nitrogens with one attached hydrogen (secondary N) is 1. The van der Waals surface area contributed by atoms with E-state index in [0.29, 0.717) is 12.2 Å². The number of hydrogen-bond acceptors (Lipinski definition) is 2. The lowest BCUT2D eigenvalue weighted by Gasteiger charge is -2.11. The molecule has 0 bridgehead atoms. The lowest BCUT2D eigenvalue weighted by molar-refractivity contribution is 0.102. The quantitative estimate of drug-likeness (QED) is 0.793. The van der Waals surface area contributed by atoms with Gasteiger partial charge in [0.1, 0.15) is 5.56 Å². The van der Waals surface area contributed by atoms with Gasteiger partial charge in [0.05, 0.1) is 5.52 Å². The Bertz CT molecular complexity index is 969. The van der Waals surface area contributed by atoms with Gasteiger partial charge in [0.2, 0.25) is 0 Å². The van der Waals surface area contributed by atoms with Crippen molar-refractivity contribution in [2.45, 2.75) is 13.5 Å². The zero-order valence-electron chi connectivity index (χ0n) is 13.5. The van der Waals surface area contributed by atoms with E-state index in [9.17, 15) is 9.59 Å². The highest BCUT2D eigenvalue weighted by molar-refractivity contribution is 6.05. The van der Waals surface area contributed by atoms with Crippen LogP contribution in [0.1, 0.15) is 22.8 Å². The molecule has 0 spiro atoms. The first kappa shape index (κ1) is 15.7. The molecule has 1 amide bonds. The summed E-state index contributed by atoms with van der Waals surface area (Å²) in [5.41, 5.74) is 2.30. The van der Waals surface area contributed by atoms with Crippen LogP contribution in [0.4, 0.5) is 5.69 Å². The first-order chi connectivity index (χ1) is 11.6. The number of carbonyl (C=O) groups excluding carboxylic acids is 1. The second-order valence-electron chi connectivity index (χ2n) is 5.45. The number of aromatic nitrogens is 1. The van der Waals surface area contributed by atoms with Gasteiger partial charge in [0.25, 0.3) is 11.5 Å². The summed E-state index contributed by atoms with van der Waals surface area (Å²) in [6.07, 6.45) is 1.73. The van der Waals surface area contributed by atoms with Crippen molar-refractivity contribution in [1.29, 1.82) is 0 Å². The third-order valence-electron chi connectivity index (χ3n) is 3.97. The summed E-state index contributed by atoms with van der Waals surface area (Å²) in [7, 11) is 0. The molecule has 4 nitrogen and oxygen atoms in total. The van der Waals surface area contributed by atoms with E-state index < -0.39 is 5.91 Å². The largest absolute Gasteiger partial charge is 0.322 e. The van der Waals surface area contributed by atoms with E-state index in [4.69, 9.17) is 0 Å². The Hall–Kier alpha value is -3.14. The molecule has 3 rings (SSSR count). The van der Waals surface area contributed by atoms with Crippen LogP contribution >= 0.6 is 0 Å². The van der Waals surface area contributed by atoms with E-state index in [0.717, 1.165) is 16.5 Å². The average Bonchev–Trinajstić information content (AvgIpc) is 2.61. The molecular formula is C20H18N2O2. The fraction of sp³-hybridized carbons (Fsp3) is 0.100. The van der Waals surface area contributed by atoms with Gasteiger partial charge in [0.15, 0.2) is 0 Å². The fourth-order valence-corrected chi connectivity index (χ4v) is 2.71. The molecule has 0 aliphatic carbocycles. The van der Waals surface area contributed by atoms with Crippen LogP contribution in [0.25, 0.3) is 17.0 Å². The fourth-order valence-electron chi connectivity index (χ4n) is 2.71. The van der Waals surface area contributed by atoms with Crippen LogP contribution in [0.5, 0.6) is 0 Å². The third-order valence-corrected chi connectivity index (χ3v) is 3.97. The van der Waals surface area contributed by atoms with Crippen molar-refractivity contribution in [2.75, 3.05) is 5.32 Å². The molecule has 2 aromatic carbocycles. The zero-order chi connectivity index (χ0) is 17.1. The van der Waals surface area contributed by atoms with Crippen molar-refractivity contribution in [3.63, 3.8) is 0 Å². The van der Waals surface area contributed by atoms with Gasteiger partial charge in [-0.1, -0.05) is 43.0 Å². The summed E-state index contributed by atoms with van der Waals surface area (Å²) in [6, 6.07) is 16.5. The Morgan fingerprint density at radius 2 is 1.88 bits per heavy atom. The predicted octanol–water partition coefficient (Wildman–Crippen LogP) is 3.92. The first-order valence-corrected chi connectivity index (χ1v) is 7.80. The molecule has 0 aliphatic heterocycles. The Balaban J connectivity index is 2.01. The monoisotopic (exact) mass is 318 g/mol. The van der Waals surface area contributed by atoms with E-state index in [2.05, 4.69) is 11.9 Å². The van der Waals surface area contributed by atoms with Crippen molar-refractivity contribution in [3.8, 4) is 0 Å². The molecule has 1 aromatic heterocycles. The van der Waals surface area contributed by atoms with Gasteiger partial charge < -0.3 is 9.88 Å². The number of para-hydroxylation sites is 1. The topological polar surface area (TPSA) is 51.1 Å². The number of fused-ring (bicyclic) bond motifs is 1. The normalized spacial score (nSPS) is 10.5. The number of anilines is 1. The minimum Gasteiger partial charge on any atom is -0.322 e. The van der Waals surface area contributed by atoms with Crippen LogP contribution in [0.2, 0.25) is 0 Å². The summed E-state index contributed by atoms with van der Waals surface area (Å²) in [6.45, 7) is 6.10. The molecule has 0 saturated carbocycles. The standard InChI is InChI=1S/C20H18N2O2/c1-3-14-9-11-16(12-10-14)21-19(23)17-13-15-7-5-6-8-18(15)22(4-2)20(17)24/h3,5-13H,1,4H2,2H3,(H,21,23). The number of rotatable bonds is 4. The second kappa shape index (κ2) is 6.54. The molecule has 4 heteroatoms. The van der Waals surface area contributed by atoms with Crippen LogP contribution in [0.3, 0.4) is 0 Å². The lowest BCUT2D eigenvalue weighted by atomic mass is 10.1. The average molecular weight is 318 g/mol. The highest BCUT2D eigenvalue weighted by Gasteiger charge is 2.15. The molecule has 24 heavy (non-hydrogen) atoms. The highest BCUT2D eigenvalue weighted by atomic mass is 16.2. The molecule has 1 heterocycles. The van der Waals surface area contributed by atoms with E-state index >= 15 is 0 Å². The number of aryl methyl sites for hydroxylation is 1. The van der Waals surface area contributed by atoms with E-state index in [1.807, 2.05) is 43.3 Å². The Morgan fingerprint density at radius 3 is 2.54 bits per heavy atom. The van der Waals surface area contributed by atoms with Crippen molar-refractivity contribution in [2.24, 2.45) is 0 Å². The maximum Gasteiger partial charge on any atom is 0.263 e. The van der Waals surface area contributed by atoms with Gasteiger partial charge >= 0.3 is 0 Å². The number of benzene rings is 2. The van der Waals surface area contributed by atoms with Crippen molar-refractivity contribution in [3.05, 3.63) is 82.7 Å². The molecule has 0 atom stereocenters. The van der Waals surface area contributed by atoms with E-state index in [-0.39, 0.29) is 11.1 Å². The molecule has 3 aromatic rings. The van der Waals surface area contributed by atoms with Crippen LogP contribution < -0.4 is 10.9 Å². The van der Waals surface area contributed by atoms with E-state index in [1.165, 1.54) is 0 Å². The summed E-state index contributed by atoms with van der Waals surface area (Å²) in [5.74, 6) is -0.403. The molecule has 0 radical (unpaired) electrons. The zero-order valence-corrected chi connectivity index (χ0v) is 13.5. The second-order valence-corrected chi connectivity index (χ2v) is 5.45. The number of pyridine rings is 1. The van der Waals surface area contributed by atoms with Gasteiger partial charge in [-0.25, -0.2) is 0 Å². The van der Waals surface area contributed by atoms with Gasteiger partial charge in [-0.3, -0.25) is 9.59 Å². The van der Waals surface area contributed by atoms with Crippen molar-refractivity contribution in [1.82, 2.24) is 4.57 Å². The first-order valence-electron chi connectivity index (χ1n) is 7.80. The predicted molar refractivity (Wildman–Crippen MR) is 98.4 cm³/mol. The smallest absolute Gasteiger partial charge is 0.263 e. The molecule has 0 unspecified atom stereocenters. The third kappa shape index (κ3) is 2.86. The molecule has 0 fully saturated rings. The molecule has 1 N–H and O–H groups in total. The van der Waals surface area contributed by atoms with Gasteiger partial charge in [-0.15, -0.1) is 0 Å². The maximum absolute atomic E-state index is 12.6. The SMILES string of the molecule is C=Cc1ccc(NC(=O)c2cc3ccccc3n(CC)c2=O)cc1. The minimum absolute atomic E-state index is 0.142. The van der Waals surface area contributed by atoms with Crippen LogP contribution in [0.15, 0.2) is 66.0 Å². The van der Waals surface area contributed by atoms with Crippen molar-refractivity contribution < 1.29 is 4.79 Å². The summed E-state index contributed by atoms with van der Waals surface area (Å²) < 4.78 is 1.62. The summed E-state index contributed by atoms with van der Waals surface area (Å²) in [4.78, 5) is 25.2. The Labute approximate surface area is 140 Å². The number of carbonyl (C=O) groups is 1. The van der Waals surface area contributed by atoms with Gasteiger partial charge in [-0.05, 0) is 42.1 Å². The van der Waals surface area contributed by atoms with Crippen LogP contribution in [0, 0.1) is 0 Å². The summed E-state index contributed by atoms with van der Waals surface area (Å²) in [5, 5.41) is 3.65. The lowest BCUT2D eigenvalue weighted by Crippen LogP contribution is -2.29. The van der Waals surface area contributed by atoms with Crippen LogP contribution in [-0.2, 0) is 6.54 Å². The Morgan fingerprint density at radius 1 is 1.17 bits per heavy atom. The van der Waals surface area contributed by atoms with Gasteiger partial charge in [-0.2, -0.15) is 0 Å². The van der Waals surface area contributed by atoms with E-state index in [1.54, 1.807) is 28.8 Å². The Kier molecular flexibility index (Phi) is 4.29. The summed E-state index contributed by atoms with van der Waals surface area (Å²) >= 11 is 0. The molecule has 0 aliphatic rings. The molecular weight excluding hydrogens is 300 g/mol. The number of nitrogens with zero attached hydrogens (tertiary/aromatic N) is 1. The molecule has 120 valence electrons. The van der Waals surface area contributed by atoms with Crippen LogP contribution in [-0.4, -0.2) is 10.5 Å². The highest BCUT2D eigenvalue weighted by Crippen LogP contribution is 2.15. The number of hydrogen-bond donors (Lipinski definition) is 1.